The summed E-state index contributed by atoms with van der Waals surface area (Å²) in [4.78, 5) is 22.8. The second-order valence-electron chi connectivity index (χ2n) is 34.2. The number of para-hydroxylation sites is 8. The Balaban J connectivity index is 0.000000143. The van der Waals surface area contributed by atoms with E-state index in [9.17, 15) is 0 Å². The Morgan fingerprint density at radius 1 is 0.319 bits per heavy atom. The Kier molecular flexibility index (Phi) is 25.3. The van der Waals surface area contributed by atoms with Gasteiger partial charge in [0.05, 0.1) is 33.6 Å². The smallest absolute Gasteiger partial charge is 0.209 e. The summed E-state index contributed by atoms with van der Waals surface area (Å²) in [5, 5.41) is 0. The van der Waals surface area contributed by atoms with Gasteiger partial charge in [-0.15, -0.1) is 0 Å². The van der Waals surface area contributed by atoms with Crippen molar-refractivity contribution in [3.63, 3.8) is 0 Å². The van der Waals surface area contributed by atoms with Crippen LogP contribution in [0.2, 0.25) is 0 Å². The molecule has 8 aliphatic heterocycles. The molecule has 0 saturated heterocycles. The molecule has 0 radical (unpaired) electrons. The molecule has 0 fully saturated rings. The number of likely N-dealkylation sites (N-methyl/N-ethyl adjacent to an activating group) is 2. The molecule has 8 aliphatic rings. The second kappa shape index (κ2) is 34.3. The number of benzene rings is 8. The van der Waals surface area contributed by atoms with E-state index in [4.69, 9.17) is 0 Å². The number of aliphatic imine (C=N–C) groups is 4. The van der Waals surface area contributed by atoms with Crippen LogP contribution in [0.5, 0.6) is 0 Å². The lowest BCUT2D eigenvalue weighted by Crippen LogP contribution is -2.29. The van der Waals surface area contributed by atoms with Gasteiger partial charge in [0, 0.05) is 128 Å². The summed E-state index contributed by atoms with van der Waals surface area (Å²) in [5.74, 6) is 0. The van der Waals surface area contributed by atoms with Gasteiger partial charge in [-0.3, -0.25) is 20.0 Å². The van der Waals surface area contributed by atoms with Gasteiger partial charge in [-0.2, -0.15) is 9.15 Å². The second-order valence-corrected chi connectivity index (χ2v) is 34.2. The molecule has 0 amide bonds. The molecule has 16 rings (SSSR count). The molecule has 0 aliphatic carbocycles. The SMILES string of the molecule is CC1(C)C=Nc2ccccc21.CC1(C)C=Nc2ccccc21.CCC1(C)C(C)=Nc2ccccc21.CCC1(CC)C(C)=Nc2ccccc21.CCN1C(=CC=CC=CC=CC2=[N+](C)c3ccccc3C2(C)C)C(C)(C)c2ccccc21.CCN1C(=CC=CC=CC=CC2=[N+](C)c3ccccc3C2(C)C)C(C)(C)c2ccccc21. The fourth-order valence-corrected chi connectivity index (χ4v) is 18.0. The molecule has 8 heteroatoms. The van der Waals surface area contributed by atoms with Crippen molar-refractivity contribution < 1.29 is 9.15 Å². The molecule has 0 N–H and O–H groups in total. The molecule has 0 bridgehead atoms. The molecule has 8 aromatic carbocycles. The summed E-state index contributed by atoms with van der Waals surface area (Å²) in [5.41, 5.74) is 29.5. The van der Waals surface area contributed by atoms with Crippen LogP contribution in [0.15, 0.2) is 311 Å². The first-order chi connectivity index (χ1) is 53.9. The van der Waals surface area contributed by atoms with Gasteiger partial charge in [0.15, 0.2) is 11.4 Å². The monoisotopic (exact) mass is 1500 g/mol. The van der Waals surface area contributed by atoms with E-state index in [-0.39, 0.29) is 43.3 Å². The Labute approximate surface area is 678 Å². The van der Waals surface area contributed by atoms with E-state index in [1.54, 1.807) is 0 Å². The highest BCUT2D eigenvalue weighted by atomic mass is 15.2. The first-order valence-electron chi connectivity index (χ1n) is 41.1. The zero-order valence-corrected chi connectivity index (χ0v) is 71.8. The molecule has 0 aromatic heterocycles. The number of anilines is 2. The molecule has 8 nitrogen and oxygen atoms in total. The molecule has 1 atom stereocenters. The third-order valence-corrected chi connectivity index (χ3v) is 25.2. The van der Waals surface area contributed by atoms with Crippen LogP contribution in [0.3, 0.4) is 0 Å². The lowest BCUT2D eigenvalue weighted by molar-refractivity contribution is -0.401. The van der Waals surface area contributed by atoms with Crippen molar-refractivity contribution in [1.29, 1.82) is 0 Å². The molecule has 582 valence electrons. The van der Waals surface area contributed by atoms with Crippen LogP contribution in [0.1, 0.15) is 202 Å². The van der Waals surface area contributed by atoms with Crippen molar-refractivity contribution in [3.8, 4) is 0 Å². The van der Waals surface area contributed by atoms with Gasteiger partial charge in [-0.05, 0) is 157 Å². The van der Waals surface area contributed by atoms with E-state index in [0.29, 0.717) is 0 Å². The lowest BCUT2D eigenvalue weighted by atomic mass is 9.74. The van der Waals surface area contributed by atoms with Crippen molar-refractivity contribution in [2.45, 2.75) is 201 Å². The zero-order chi connectivity index (χ0) is 81.3. The maximum atomic E-state index is 4.66. The van der Waals surface area contributed by atoms with E-state index in [1.807, 2.05) is 24.6 Å². The van der Waals surface area contributed by atoms with Crippen LogP contribution < -0.4 is 9.80 Å². The number of nitrogens with zero attached hydrogens (tertiary/aromatic N) is 8. The molecular weight excluding hydrogens is 1370 g/mol. The highest BCUT2D eigenvalue weighted by Gasteiger charge is 2.45. The van der Waals surface area contributed by atoms with Crippen molar-refractivity contribution in [2.24, 2.45) is 20.0 Å². The molecular formula is C105H124N8+2. The van der Waals surface area contributed by atoms with Gasteiger partial charge >= 0.3 is 0 Å². The summed E-state index contributed by atoms with van der Waals surface area (Å²) < 4.78 is 4.61. The first kappa shape index (κ1) is 83.2. The number of allylic oxidation sites excluding steroid dienone is 16. The van der Waals surface area contributed by atoms with Crippen LogP contribution in [0, 0.1) is 0 Å². The van der Waals surface area contributed by atoms with Gasteiger partial charge in [-0.1, -0.05) is 289 Å². The fraction of sp³-hybridized carbons (Fsp3) is 0.333. The van der Waals surface area contributed by atoms with Crippen molar-refractivity contribution >= 4 is 80.8 Å². The Hall–Kier alpha value is -10.7. The predicted octanol–water partition coefficient (Wildman–Crippen LogP) is 26.8. The van der Waals surface area contributed by atoms with Crippen molar-refractivity contribution in [3.05, 3.63) is 335 Å². The Morgan fingerprint density at radius 2 is 0.637 bits per heavy atom. The Morgan fingerprint density at radius 3 is 1.02 bits per heavy atom. The highest BCUT2D eigenvalue weighted by Crippen LogP contribution is 2.51. The number of hydrogen-bond acceptors (Lipinski definition) is 6. The number of rotatable bonds is 13. The van der Waals surface area contributed by atoms with Crippen LogP contribution in [0.4, 0.5) is 45.5 Å². The minimum Gasteiger partial charge on any atom is -0.344 e. The van der Waals surface area contributed by atoms with Crippen molar-refractivity contribution in [1.82, 2.24) is 0 Å². The molecule has 0 spiro atoms. The van der Waals surface area contributed by atoms with E-state index in [2.05, 4.69) is 459 Å². The number of fused-ring (bicyclic) bond motifs is 8. The standard InChI is InChI=1S/2C30H35N2.C13H17N.C12H15N.2C10H11N/c2*1-7-32-26-20-16-14-18-24(26)30(4,5)28(32)22-12-10-8-9-11-21-27-29(2,3)23-17-13-15-19-25(23)31(27)6;1-4-13(5-2)10(3)14-12-9-7-6-8-11(12)13;1-4-12(3)9(2)13-11-8-6-5-7-10(11)12;2*1-10(2)7-11-9-6-4-3-5-8(9)10/h2*8-22H,7H2,1-6H3;6-9H,4-5H2,1-3H3;5-8H,4H2,1-3H3;2*3-7H,1-2H3/q2*+1;;;;. The van der Waals surface area contributed by atoms with Gasteiger partial charge in [0.1, 0.15) is 14.1 Å². The normalized spacial score (nSPS) is 20.2. The van der Waals surface area contributed by atoms with E-state index in [1.165, 1.54) is 107 Å². The van der Waals surface area contributed by atoms with Crippen molar-refractivity contribution in [2.75, 3.05) is 37.0 Å². The lowest BCUT2D eigenvalue weighted by Gasteiger charge is -2.28. The van der Waals surface area contributed by atoms with Crippen LogP contribution in [0.25, 0.3) is 0 Å². The topological polar surface area (TPSA) is 61.9 Å². The summed E-state index contributed by atoms with van der Waals surface area (Å²) in [6.07, 6.45) is 37.7. The maximum absolute atomic E-state index is 4.66. The highest BCUT2D eigenvalue weighted by molar-refractivity contribution is 6.04. The van der Waals surface area contributed by atoms with Crippen LogP contribution in [-0.4, -0.2) is 71.6 Å². The largest absolute Gasteiger partial charge is 0.344 e. The molecule has 1 unspecified atom stereocenters. The summed E-state index contributed by atoms with van der Waals surface area (Å²) in [7, 11) is 4.31. The first-order valence-corrected chi connectivity index (χ1v) is 41.1. The van der Waals surface area contributed by atoms with Gasteiger partial charge in [-0.25, -0.2) is 0 Å². The summed E-state index contributed by atoms with van der Waals surface area (Å²) in [6, 6.07) is 68.4. The molecule has 8 aromatic rings. The molecule has 8 heterocycles. The van der Waals surface area contributed by atoms with Gasteiger partial charge in [0.25, 0.3) is 0 Å². The average Bonchev–Trinajstić information content (AvgIpc) is 1.56. The van der Waals surface area contributed by atoms with Crippen LogP contribution >= 0.6 is 0 Å². The maximum Gasteiger partial charge on any atom is 0.209 e. The fourth-order valence-electron chi connectivity index (χ4n) is 18.0. The number of hydrogen-bond donors (Lipinski definition) is 0. The molecule has 0 saturated carbocycles. The minimum atomic E-state index is 0.0165. The summed E-state index contributed by atoms with van der Waals surface area (Å²) in [6.45, 7) is 46.9. The van der Waals surface area contributed by atoms with Crippen LogP contribution in [-0.2, 0) is 43.3 Å². The Bertz CT molecular complexity index is 5020. The predicted molar refractivity (Wildman–Crippen MR) is 490 cm³/mol. The zero-order valence-electron chi connectivity index (χ0n) is 71.8. The average molecular weight is 1500 g/mol. The summed E-state index contributed by atoms with van der Waals surface area (Å²) >= 11 is 0. The third kappa shape index (κ3) is 16.5. The molecule has 113 heavy (non-hydrogen) atoms. The third-order valence-electron chi connectivity index (χ3n) is 25.2. The van der Waals surface area contributed by atoms with Gasteiger partial charge < -0.3 is 9.80 Å². The van der Waals surface area contributed by atoms with Gasteiger partial charge in [0.2, 0.25) is 11.4 Å². The van der Waals surface area contributed by atoms with E-state index in [0.717, 1.165) is 49.4 Å². The van der Waals surface area contributed by atoms with E-state index < -0.39 is 0 Å². The quantitative estimate of drug-likeness (QED) is 0.0853. The minimum absolute atomic E-state index is 0.0165. The van der Waals surface area contributed by atoms with E-state index >= 15 is 0 Å².